The van der Waals surface area contributed by atoms with Gasteiger partial charge in [0.2, 0.25) is 0 Å². The second-order valence-corrected chi connectivity index (χ2v) is 7.01. The third-order valence-corrected chi connectivity index (χ3v) is 4.98. The normalized spacial score (nSPS) is 17.0. The number of nitrogens with one attached hydrogen (secondary N) is 1. The highest BCUT2D eigenvalue weighted by Gasteiger charge is 2.24. The van der Waals surface area contributed by atoms with Gasteiger partial charge in [-0.1, -0.05) is 29.8 Å². The molecule has 1 unspecified atom stereocenters. The van der Waals surface area contributed by atoms with Crippen LogP contribution >= 0.6 is 24.0 Å². The lowest BCUT2D eigenvalue weighted by Gasteiger charge is -2.36. The van der Waals surface area contributed by atoms with Gasteiger partial charge in [0.15, 0.2) is 11.5 Å². The number of hydrogen-bond donors (Lipinski definition) is 1. The first-order valence-electron chi connectivity index (χ1n) is 9.20. The zero-order chi connectivity index (χ0) is 19.1. The van der Waals surface area contributed by atoms with Crippen molar-refractivity contribution < 1.29 is 14.2 Å². The lowest BCUT2D eigenvalue weighted by atomic mass is 10.0. The van der Waals surface area contributed by atoms with Gasteiger partial charge in [-0.15, -0.1) is 12.4 Å². The average molecular weight is 427 g/mol. The summed E-state index contributed by atoms with van der Waals surface area (Å²) in [5.41, 5.74) is 2.43. The Morgan fingerprint density at radius 3 is 2.71 bits per heavy atom. The van der Waals surface area contributed by atoms with Gasteiger partial charge in [0.05, 0.1) is 13.7 Å². The number of halogens is 2. The maximum Gasteiger partial charge on any atom is 0.161 e. The molecular weight excluding hydrogens is 399 g/mol. The highest BCUT2D eigenvalue weighted by Crippen LogP contribution is 2.31. The van der Waals surface area contributed by atoms with Crippen molar-refractivity contribution in [3.05, 3.63) is 58.6 Å². The molecule has 28 heavy (non-hydrogen) atoms. The summed E-state index contributed by atoms with van der Waals surface area (Å²) in [6, 6.07) is 14.5. The number of hydrogen-bond acceptors (Lipinski definition) is 5. The molecule has 1 heterocycles. The molecule has 5 nitrogen and oxygen atoms in total. The minimum atomic E-state index is 0. The number of ether oxygens (including phenoxy) is 3. The summed E-state index contributed by atoms with van der Waals surface area (Å²) >= 11 is 6.20. The van der Waals surface area contributed by atoms with E-state index in [9.17, 15) is 0 Å². The van der Waals surface area contributed by atoms with Gasteiger partial charge in [-0.2, -0.15) is 0 Å². The molecule has 0 spiro atoms. The van der Waals surface area contributed by atoms with Gasteiger partial charge >= 0.3 is 0 Å². The minimum absolute atomic E-state index is 0. The molecule has 0 saturated carbocycles. The van der Waals surface area contributed by atoms with Crippen LogP contribution < -0.4 is 14.8 Å². The fourth-order valence-corrected chi connectivity index (χ4v) is 3.58. The minimum Gasteiger partial charge on any atom is -0.493 e. The van der Waals surface area contributed by atoms with Crippen molar-refractivity contribution in [1.82, 2.24) is 10.2 Å². The highest BCUT2D eigenvalue weighted by atomic mass is 35.5. The lowest BCUT2D eigenvalue weighted by Crippen LogP contribution is -2.45. The van der Waals surface area contributed by atoms with Gasteiger partial charge in [-0.25, -0.2) is 0 Å². The molecule has 1 aliphatic heterocycles. The monoisotopic (exact) mass is 426 g/mol. The van der Waals surface area contributed by atoms with Gasteiger partial charge in [-0.3, -0.25) is 4.90 Å². The predicted molar refractivity (Wildman–Crippen MR) is 115 cm³/mol. The van der Waals surface area contributed by atoms with Gasteiger partial charge in [0.25, 0.3) is 0 Å². The summed E-state index contributed by atoms with van der Waals surface area (Å²) in [5, 5.41) is 4.26. The van der Waals surface area contributed by atoms with Crippen molar-refractivity contribution >= 4 is 24.0 Å². The van der Waals surface area contributed by atoms with Gasteiger partial charge < -0.3 is 19.5 Å². The Bertz CT molecular complexity index is 745. The molecule has 0 amide bonds. The number of methoxy groups -OCH3 is 2. The van der Waals surface area contributed by atoms with E-state index in [1.807, 2.05) is 18.2 Å². The molecule has 0 radical (unpaired) electrons. The molecule has 1 saturated heterocycles. The molecule has 7 heteroatoms. The van der Waals surface area contributed by atoms with E-state index in [1.54, 1.807) is 14.2 Å². The number of rotatable bonds is 8. The fraction of sp³-hybridized carbons (Fsp3) is 0.429. The fourth-order valence-electron chi connectivity index (χ4n) is 3.38. The van der Waals surface area contributed by atoms with Crippen molar-refractivity contribution in [2.45, 2.75) is 12.6 Å². The van der Waals surface area contributed by atoms with Crippen molar-refractivity contribution in [1.29, 1.82) is 0 Å². The molecule has 2 aromatic carbocycles. The Kier molecular flexibility index (Phi) is 9.35. The summed E-state index contributed by atoms with van der Waals surface area (Å²) in [6.07, 6.45) is 0. The van der Waals surface area contributed by atoms with Gasteiger partial charge in [-0.05, 0) is 35.4 Å². The molecule has 1 atom stereocenters. The van der Waals surface area contributed by atoms with Crippen molar-refractivity contribution in [2.75, 3.05) is 47.1 Å². The second kappa shape index (κ2) is 11.5. The molecule has 3 rings (SSSR count). The topological polar surface area (TPSA) is 43.0 Å². The van der Waals surface area contributed by atoms with E-state index in [1.165, 1.54) is 11.1 Å². The first-order valence-corrected chi connectivity index (χ1v) is 9.58. The highest BCUT2D eigenvalue weighted by molar-refractivity contribution is 6.30. The van der Waals surface area contributed by atoms with Crippen LogP contribution in [-0.2, 0) is 11.3 Å². The summed E-state index contributed by atoms with van der Waals surface area (Å²) in [6.45, 7) is 4.76. The number of nitrogens with zero attached hydrogens (tertiary/aromatic N) is 1. The van der Waals surface area contributed by atoms with E-state index < -0.39 is 0 Å². The Balaban J connectivity index is 0.00000280. The SMILES string of the molecule is COCCOc1ccc(CN2CCNCC2c2cccc(Cl)c2)cc1OC.Cl. The van der Waals surface area contributed by atoms with E-state index in [0.29, 0.717) is 19.3 Å². The lowest BCUT2D eigenvalue weighted by molar-refractivity contribution is 0.143. The van der Waals surface area contributed by atoms with E-state index in [2.05, 4.69) is 34.5 Å². The van der Waals surface area contributed by atoms with Crippen LogP contribution in [0.5, 0.6) is 11.5 Å². The first-order chi connectivity index (χ1) is 13.2. The van der Waals surface area contributed by atoms with Crippen LogP contribution in [0.2, 0.25) is 5.02 Å². The molecule has 0 bridgehead atoms. The third kappa shape index (κ3) is 6.00. The maximum atomic E-state index is 6.20. The number of piperazine rings is 1. The Morgan fingerprint density at radius 2 is 1.96 bits per heavy atom. The first kappa shape index (κ1) is 22.8. The van der Waals surface area contributed by atoms with Crippen LogP contribution in [0.3, 0.4) is 0 Å². The molecule has 0 aliphatic carbocycles. The Morgan fingerprint density at radius 1 is 1.11 bits per heavy atom. The van der Waals surface area contributed by atoms with E-state index in [4.69, 9.17) is 25.8 Å². The van der Waals surface area contributed by atoms with Crippen LogP contribution in [-0.4, -0.2) is 52.0 Å². The molecule has 1 aliphatic rings. The zero-order valence-electron chi connectivity index (χ0n) is 16.3. The molecule has 0 aromatic heterocycles. The summed E-state index contributed by atoms with van der Waals surface area (Å²) in [4.78, 5) is 2.47. The third-order valence-electron chi connectivity index (χ3n) is 4.75. The van der Waals surface area contributed by atoms with Gasteiger partial charge in [0, 0.05) is 44.4 Å². The molecular formula is C21H28Cl2N2O3. The smallest absolute Gasteiger partial charge is 0.161 e. The average Bonchev–Trinajstić information content (AvgIpc) is 2.69. The molecule has 1 N–H and O–H groups in total. The predicted octanol–water partition coefficient (Wildman–Crippen LogP) is 3.94. The Hall–Kier alpha value is -1.50. The van der Waals surface area contributed by atoms with Gasteiger partial charge in [0.1, 0.15) is 6.61 Å². The van der Waals surface area contributed by atoms with E-state index in [0.717, 1.165) is 42.7 Å². The van der Waals surface area contributed by atoms with Crippen molar-refractivity contribution in [2.24, 2.45) is 0 Å². The van der Waals surface area contributed by atoms with Crippen LogP contribution in [0.1, 0.15) is 17.2 Å². The van der Waals surface area contributed by atoms with Crippen LogP contribution in [0.15, 0.2) is 42.5 Å². The van der Waals surface area contributed by atoms with Crippen molar-refractivity contribution in [3.8, 4) is 11.5 Å². The Labute approximate surface area is 178 Å². The van der Waals surface area contributed by atoms with Crippen LogP contribution in [0.4, 0.5) is 0 Å². The zero-order valence-corrected chi connectivity index (χ0v) is 17.9. The number of benzene rings is 2. The molecule has 1 fully saturated rings. The molecule has 2 aromatic rings. The standard InChI is InChI=1S/C21H27ClN2O3.ClH/c1-25-10-11-27-20-7-6-16(12-21(20)26-2)15-24-9-8-23-14-19(24)17-4-3-5-18(22)13-17;/h3-7,12-13,19,23H,8-11,14-15H2,1-2H3;1H. The van der Waals surface area contributed by atoms with E-state index in [-0.39, 0.29) is 12.4 Å². The maximum absolute atomic E-state index is 6.20. The van der Waals surface area contributed by atoms with Crippen LogP contribution in [0, 0.1) is 0 Å². The molecule has 154 valence electrons. The summed E-state index contributed by atoms with van der Waals surface area (Å²) in [7, 11) is 3.33. The summed E-state index contributed by atoms with van der Waals surface area (Å²) < 4.78 is 16.3. The quantitative estimate of drug-likeness (QED) is 0.647. The second-order valence-electron chi connectivity index (χ2n) is 6.57. The van der Waals surface area contributed by atoms with E-state index >= 15 is 0 Å². The van der Waals surface area contributed by atoms with Crippen LogP contribution in [0.25, 0.3) is 0 Å². The summed E-state index contributed by atoms with van der Waals surface area (Å²) in [5.74, 6) is 1.49. The van der Waals surface area contributed by atoms with Crippen molar-refractivity contribution in [3.63, 3.8) is 0 Å². The largest absolute Gasteiger partial charge is 0.493 e.